The number of aryl methyl sites for hydroxylation is 2. The van der Waals surface area contributed by atoms with E-state index in [-0.39, 0.29) is 11.8 Å². The normalized spacial score (nSPS) is 19.3. The van der Waals surface area contributed by atoms with Crippen molar-refractivity contribution in [1.29, 1.82) is 0 Å². The van der Waals surface area contributed by atoms with Gasteiger partial charge in [0.05, 0.1) is 29.1 Å². The fraction of sp³-hybridized carbons (Fsp3) is 0.353. The molecule has 0 radical (unpaired) electrons. The van der Waals surface area contributed by atoms with E-state index in [1.165, 1.54) is 5.56 Å². The summed E-state index contributed by atoms with van der Waals surface area (Å²) in [5.41, 5.74) is 2.12. The first-order valence-corrected chi connectivity index (χ1v) is 8.49. The van der Waals surface area contributed by atoms with Gasteiger partial charge in [-0.3, -0.25) is 9.59 Å². The van der Waals surface area contributed by atoms with Gasteiger partial charge in [-0.15, -0.1) is 11.3 Å². The van der Waals surface area contributed by atoms with Gasteiger partial charge in [0.1, 0.15) is 0 Å². The summed E-state index contributed by atoms with van der Waals surface area (Å²) in [7, 11) is 0. The van der Waals surface area contributed by atoms with Crippen LogP contribution >= 0.6 is 11.3 Å². The number of rotatable bonds is 7. The molecule has 1 aliphatic rings. The number of aliphatic carboxylic acids is 1. The van der Waals surface area contributed by atoms with Gasteiger partial charge in [0.2, 0.25) is 5.91 Å². The molecule has 3 rings (SSSR count). The van der Waals surface area contributed by atoms with E-state index >= 15 is 0 Å². The van der Waals surface area contributed by atoms with Crippen molar-refractivity contribution in [2.75, 3.05) is 0 Å². The molecule has 2 unspecified atom stereocenters. The van der Waals surface area contributed by atoms with Crippen molar-refractivity contribution in [2.45, 2.75) is 25.8 Å². The van der Waals surface area contributed by atoms with Gasteiger partial charge < -0.3 is 10.4 Å². The Kier molecular flexibility index (Phi) is 4.71. The predicted octanol–water partition coefficient (Wildman–Crippen LogP) is 2.27. The first-order chi connectivity index (χ1) is 11.1. The van der Waals surface area contributed by atoms with Crippen LogP contribution in [0.1, 0.15) is 22.7 Å². The Morgan fingerprint density at radius 1 is 1.22 bits per heavy atom. The van der Waals surface area contributed by atoms with Gasteiger partial charge in [-0.05, 0) is 18.4 Å². The summed E-state index contributed by atoms with van der Waals surface area (Å²) in [6, 6.07) is 10.3. The molecule has 6 heteroatoms. The highest BCUT2D eigenvalue weighted by molar-refractivity contribution is 7.09. The van der Waals surface area contributed by atoms with Crippen LogP contribution in [0.5, 0.6) is 0 Å². The van der Waals surface area contributed by atoms with E-state index in [1.807, 2.05) is 23.6 Å². The van der Waals surface area contributed by atoms with E-state index in [0.717, 1.165) is 23.5 Å². The summed E-state index contributed by atoms with van der Waals surface area (Å²) in [5.74, 6) is -1.95. The molecule has 0 saturated heterocycles. The summed E-state index contributed by atoms with van der Waals surface area (Å²) in [5, 5.41) is 14.6. The molecule has 1 aliphatic carbocycles. The predicted molar refractivity (Wildman–Crippen MR) is 87.0 cm³/mol. The zero-order valence-corrected chi connectivity index (χ0v) is 13.4. The Balaban J connectivity index is 1.44. The highest BCUT2D eigenvalue weighted by Gasteiger charge is 2.48. The Hall–Kier alpha value is -2.21. The van der Waals surface area contributed by atoms with Crippen LogP contribution in [0.15, 0.2) is 35.7 Å². The fourth-order valence-electron chi connectivity index (χ4n) is 2.51. The van der Waals surface area contributed by atoms with Crippen LogP contribution in [-0.4, -0.2) is 22.0 Å². The quantitative estimate of drug-likeness (QED) is 0.816. The fourth-order valence-corrected chi connectivity index (χ4v) is 3.31. The topological polar surface area (TPSA) is 79.3 Å². The number of carbonyl (C=O) groups excluding carboxylic acids is 1. The number of hydrogen-bond donors (Lipinski definition) is 2. The molecule has 0 aliphatic heterocycles. The monoisotopic (exact) mass is 330 g/mol. The Labute approximate surface area is 138 Å². The van der Waals surface area contributed by atoms with E-state index < -0.39 is 11.9 Å². The molecule has 23 heavy (non-hydrogen) atoms. The summed E-state index contributed by atoms with van der Waals surface area (Å²) >= 11 is 1.59. The van der Waals surface area contributed by atoms with Crippen LogP contribution < -0.4 is 5.32 Å². The number of carboxylic acid groups (broad SMARTS) is 1. The van der Waals surface area contributed by atoms with E-state index in [4.69, 9.17) is 5.11 Å². The van der Waals surface area contributed by atoms with Crippen LogP contribution in [0.2, 0.25) is 0 Å². The maximum atomic E-state index is 11.8. The van der Waals surface area contributed by atoms with E-state index in [1.54, 1.807) is 11.3 Å². The lowest BCUT2D eigenvalue weighted by Gasteiger charge is -2.01. The van der Waals surface area contributed by atoms with Gasteiger partial charge in [0.15, 0.2) is 0 Å². The SMILES string of the molecule is O=C(O)C1CC1C(=O)NCc1csc(CCc2ccccc2)n1. The van der Waals surface area contributed by atoms with Crippen molar-refractivity contribution in [2.24, 2.45) is 11.8 Å². The van der Waals surface area contributed by atoms with E-state index in [9.17, 15) is 9.59 Å². The molecular formula is C17H18N2O3S. The van der Waals surface area contributed by atoms with Crippen LogP contribution in [0.4, 0.5) is 0 Å². The minimum atomic E-state index is -0.887. The Morgan fingerprint density at radius 3 is 2.70 bits per heavy atom. The van der Waals surface area contributed by atoms with Crippen molar-refractivity contribution >= 4 is 23.2 Å². The summed E-state index contributed by atoms with van der Waals surface area (Å²) in [6.45, 7) is 0.365. The molecule has 0 spiro atoms. The number of amides is 1. The standard InChI is InChI=1S/C17H18N2O3S/c20-16(13-8-14(13)17(21)22)18-9-12-10-23-15(19-12)7-6-11-4-2-1-3-5-11/h1-5,10,13-14H,6-9H2,(H,18,20)(H,21,22). The molecule has 1 heterocycles. The number of carbonyl (C=O) groups is 2. The van der Waals surface area contributed by atoms with Crippen molar-refractivity contribution in [3.05, 3.63) is 52.0 Å². The molecule has 1 fully saturated rings. The number of carboxylic acids is 1. The number of hydrogen-bond acceptors (Lipinski definition) is 4. The molecule has 2 aromatic rings. The smallest absolute Gasteiger partial charge is 0.307 e. The second-order valence-corrected chi connectivity index (χ2v) is 6.67. The first kappa shape index (κ1) is 15.7. The largest absolute Gasteiger partial charge is 0.481 e. The average Bonchev–Trinajstić information content (AvgIpc) is 3.25. The van der Waals surface area contributed by atoms with Gasteiger partial charge in [-0.1, -0.05) is 30.3 Å². The zero-order valence-electron chi connectivity index (χ0n) is 12.6. The minimum Gasteiger partial charge on any atom is -0.481 e. The molecular weight excluding hydrogens is 312 g/mol. The highest BCUT2D eigenvalue weighted by atomic mass is 32.1. The molecule has 1 aromatic heterocycles. The lowest BCUT2D eigenvalue weighted by Crippen LogP contribution is -2.26. The molecule has 120 valence electrons. The van der Waals surface area contributed by atoms with Gasteiger partial charge >= 0.3 is 5.97 Å². The maximum Gasteiger partial charge on any atom is 0.307 e. The molecule has 0 bridgehead atoms. The average molecular weight is 330 g/mol. The number of benzene rings is 1. The van der Waals surface area contributed by atoms with Gasteiger partial charge in [-0.25, -0.2) is 4.98 Å². The number of aromatic nitrogens is 1. The maximum absolute atomic E-state index is 11.8. The van der Waals surface area contributed by atoms with Gasteiger partial charge in [0, 0.05) is 11.8 Å². The molecule has 1 aromatic carbocycles. The molecule has 1 saturated carbocycles. The molecule has 1 amide bonds. The van der Waals surface area contributed by atoms with Crippen molar-refractivity contribution in [1.82, 2.24) is 10.3 Å². The molecule has 5 nitrogen and oxygen atoms in total. The Bertz CT molecular complexity index is 699. The minimum absolute atomic E-state index is 0.184. The third-order valence-electron chi connectivity index (χ3n) is 3.96. The Morgan fingerprint density at radius 2 is 2.00 bits per heavy atom. The van der Waals surface area contributed by atoms with Crippen LogP contribution in [-0.2, 0) is 29.0 Å². The van der Waals surface area contributed by atoms with Gasteiger partial charge in [-0.2, -0.15) is 0 Å². The first-order valence-electron chi connectivity index (χ1n) is 7.61. The summed E-state index contributed by atoms with van der Waals surface area (Å²) in [4.78, 5) is 27.1. The third kappa shape index (κ3) is 4.16. The van der Waals surface area contributed by atoms with Crippen molar-refractivity contribution in [3.8, 4) is 0 Å². The number of nitrogens with zero attached hydrogens (tertiary/aromatic N) is 1. The summed E-state index contributed by atoms with van der Waals surface area (Å²) < 4.78 is 0. The van der Waals surface area contributed by atoms with Crippen molar-refractivity contribution in [3.63, 3.8) is 0 Å². The summed E-state index contributed by atoms with van der Waals surface area (Å²) in [6.07, 6.45) is 2.27. The van der Waals surface area contributed by atoms with Crippen LogP contribution in [0.25, 0.3) is 0 Å². The van der Waals surface area contributed by atoms with Gasteiger partial charge in [0.25, 0.3) is 0 Å². The lowest BCUT2D eigenvalue weighted by molar-refractivity contribution is -0.140. The van der Waals surface area contributed by atoms with E-state index in [0.29, 0.717) is 13.0 Å². The zero-order chi connectivity index (χ0) is 16.2. The number of nitrogens with one attached hydrogen (secondary N) is 1. The van der Waals surface area contributed by atoms with E-state index in [2.05, 4.69) is 22.4 Å². The van der Waals surface area contributed by atoms with Crippen LogP contribution in [0, 0.1) is 11.8 Å². The molecule has 2 N–H and O–H groups in total. The third-order valence-corrected chi connectivity index (χ3v) is 4.92. The lowest BCUT2D eigenvalue weighted by atomic mass is 10.1. The highest BCUT2D eigenvalue weighted by Crippen LogP contribution is 2.38. The van der Waals surface area contributed by atoms with Crippen LogP contribution in [0.3, 0.4) is 0 Å². The second kappa shape index (κ2) is 6.91. The number of thiazole rings is 1. The van der Waals surface area contributed by atoms with Crippen molar-refractivity contribution < 1.29 is 14.7 Å². The second-order valence-electron chi connectivity index (χ2n) is 5.72. The molecule has 2 atom stereocenters.